The van der Waals surface area contributed by atoms with E-state index in [0.717, 1.165) is 16.7 Å². The van der Waals surface area contributed by atoms with E-state index in [-0.39, 0.29) is 18.8 Å². The Hall–Kier alpha value is -3.79. The van der Waals surface area contributed by atoms with Crippen LogP contribution in [0.15, 0.2) is 107 Å². The number of benzene rings is 3. The summed E-state index contributed by atoms with van der Waals surface area (Å²) in [5, 5.41) is -0.901. The molecule has 0 unspecified atom stereocenters. The first-order valence-corrected chi connectivity index (χ1v) is 15.0. The molecule has 0 spiro atoms. The molecular weight excluding hydrogens is 528 g/mol. The molecule has 0 amide bonds. The monoisotopic (exact) mass is 560 g/mol. The van der Waals surface area contributed by atoms with Gasteiger partial charge in [-0.05, 0) is 23.6 Å². The fourth-order valence-electron chi connectivity index (χ4n) is 5.39. The molecule has 0 saturated carbocycles. The van der Waals surface area contributed by atoms with Gasteiger partial charge in [-0.2, -0.15) is 0 Å². The van der Waals surface area contributed by atoms with Gasteiger partial charge in [0, 0.05) is 23.9 Å². The van der Waals surface area contributed by atoms with Gasteiger partial charge in [0.25, 0.3) is 5.56 Å². The van der Waals surface area contributed by atoms with Crippen LogP contribution in [0.5, 0.6) is 0 Å². The van der Waals surface area contributed by atoms with Crippen molar-refractivity contribution in [1.82, 2.24) is 9.55 Å². The maximum atomic E-state index is 13.2. The zero-order chi connectivity index (χ0) is 28.3. The Labute approximate surface area is 233 Å². The zero-order valence-electron chi connectivity index (χ0n) is 22.4. The molecular formula is C31H32N2O6S. The summed E-state index contributed by atoms with van der Waals surface area (Å²) in [7, 11) is -3.57. The number of hydrogen-bond acceptors (Lipinski definition) is 6. The first-order chi connectivity index (χ1) is 19.3. The molecule has 1 aromatic heterocycles. The van der Waals surface area contributed by atoms with Crippen LogP contribution in [0.3, 0.4) is 0 Å². The summed E-state index contributed by atoms with van der Waals surface area (Å²) in [6.07, 6.45) is -0.260. The number of nitrogens with zero attached hydrogens (tertiary/aromatic N) is 1. The molecule has 1 aliphatic rings. The van der Waals surface area contributed by atoms with Gasteiger partial charge in [-0.1, -0.05) is 97.9 Å². The predicted octanol–water partition coefficient (Wildman–Crippen LogP) is 3.94. The molecule has 9 heteroatoms. The molecule has 0 aliphatic carbocycles. The standard InChI is InChI=1S/C31H32N2O6S/c1-3-40(36,37)27-19-28(33-20-22(2)29(34)32-30(33)35)39-26(27)21-38-31(23-13-7-4-8-14-23,24-15-9-5-10-16-24)25-17-11-6-12-18-25/h4-18,20,26-28H,3,19,21H2,1-2H3,(H,32,34,35)/t26-,27-,28-/m1/s1. The summed E-state index contributed by atoms with van der Waals surface area (Å²) in [6.45, 7) is 3.12. The molecule has 0 bridgehead atoms. The van der Waals surface area contributed by atoms with Crippen molar-refractivity contribution in [2.45, 2.75) is 43.5 Å². The summed E-state index contributed by atoms with van der Waals surface area (Å²) in [4.78, 5) is 26.8. The van der Waals surface area contributed by atoms with Crippen LogP contribution in [0.2, 0.25) is 0 Å². The van der Waals surface area contributed by atoms with E-state index < -0.39 is 44.3 Å². The second kappa shape index (κ2) is 11.4. The number of rotatable bonds is 9. The number of aryl methyl sites for hydroxylation is 1. The van der Waals surface area contributed by atoms with Crippen molar-refractivity contribution in [3.63, 3.8) is 0 Å². The number of nitrogens with one attached hydrogen (secondary N) is 1. The first kappa shape index (κ1) is 27.8. The highest BCUT2D eigenvalue weighted by Crippen LogP contribution is 2.42. The quantitative estimate of drug-likeness (QED) is 0.311. The SMILES string of the molecule is CCS(=O)(=O)[C@@H]1C[C@H](n2cc(C)c(=O)[nH]c2=O)O[C@@H]1COC(c1ccccc1)(c1ccccc1)c1ccccc1. The lowest BCUT2D eigenvalue weighted by atomic mass is 9.80. The number of H-pyrrole nitrogens is 1. The van der Waals surface area contributed by atoms with E-state index in [1.165, 1.54) is 10.8 Å². The van der Waals surface area contributed by atoms with Gasteiger partial charge < -0.3 is 9.47 Å². The highest BCUT2D eigenvalue weighted by Gasteiger charge is 2.46. The first-order valence-electron chi connectivity index (χ1n) is 13.3. The van der Waals surface area contributed by atoms with Gasteiger partial charge in [0.05, 0.1) is 11.9 Å². The summed E-state index contributed by atoms with van der Waals surface area (Å²) in [5.41, 5.74) is 0.765. The lowest BCUT2D eigenvalue weighted by Gasteiger charge is -2.37. The van der Waals surface area contributed by atoms with Crippen LogP contribution in [0.1, 0.15) is 41.8 Å². The minimum atomic E-state index is -3.57. The van der Waals surface area contributed by atoms with Crippen molar-refractivity contribution in [2.75, 3.05) is 12.4 Å². The molecule has 40 heavy (non-hydrogen) atoms. The Bertz CT molecular complexity index is 1570. The summed E-state index contributed by atoms with van der Waals surface area (Å²) >= 11 is 0. The molecule has 3 aromatic carbocycles. The van der Waals surface area contributed by atoms with Crippen molar-refractivity contribution in [3.8, 4) is 0 Å². The Kier molecular flexibility index (Phi) is 7.89. The van der Waals surface area contributed by atoms with Crippen LogP contribution in [0.25, 0.3) is 0 Å². The number of ether oxygens (including phenoxy) is 2. The fraction of sp³-hybridized carbons (Fsp3) is 0.290. The highest BCUT2D eigenvalue weighted by atomic mass is 32.2. The third-order valence-corrected chi connectivity index (χ3v) is 9.73. The minimum Gasteiger partial charge on any atom is -0.358 e. The molecule has 208 valence electrons. The third kappa shape index (κ3) is 5.20. The smallest absolute Gasteiger partial charge is 0.330 e. The van der Waals surface area contributed by atoms with Crippen molar-refractivity contribution in [2.24, 2.45) is 0 Å². The summed E-state index contributed by atoms with van der Waals surface area (Å²) < 4.78 is 40.9. The van der Waals surface area contributed by atoms with Crippen LogP contribution in [0, 0.1) is 6.92 Å². The maximum absolute atomic E-state index is 13.2. The van der Waals surface area contributed by atoms with Crippen LogP contribution >= 0.6 is 0 Å². The van der Waals surface area contributed by atoms with Crippen molar-refractivity contribution in [3.05, 3.63) is 140 Å². The molecule has 1 fully saturated rings. The van der Waals surface area contributed by atoms with E-state index in [0.29, 0.717) is 5.56 Å². The van der Waals surface area contributed by atoms with E-state index in [9.17, 15) is 18.0 Å². The van der Waals surface area contributed by atoms with Gasteiger partial charge in [0.15, 0.2) is 9.84 Å². The van der Waals surface area contributed by atoms with Gasteiger partial charge in [0.2, 0.25) is 0 Å². The fourth-order valence-corrected chi connectivity index (χ4v) is 6.88. The van der Waals surface area contributed by atoms with Gasteiger partial charge in [-0.15, -0.1) is 0 Å². The topological polar surface area (TPSA) is 107 Å². The number of aromatic nitrogens is 2. The minimum absolute atomic E-state index is 0.0594. The van der Waals surface area contributed by atoms with Crippen molar-refractivity contribution in [1.29, 1.82) is 0 Å². The highest BCUT2D eigenvalue weighted by molar-refractivity contribution is 7.92. The normalized spacial score (nSPS) is 19.5. The van der Waals surface area contributed by atoms with Crippen molar-refractivity contribution < 1.29 is 17.9 Å². The molecule has 2 heterocycles. The Morgan fingerprint density at radius 2 is 1.40 bits per heavy atom. The Morgan fingerprint density at radius 1 is 0.900 bits per heavy atom. The molecule has 1 aliphatic heterocycles. The molecule has 5 rings (SSSR count). The van der Waals surface area contributed by atoms with Crippen molar-refractivity contribution >= 4 is 9.84 Å². The maximum Gasteiger partial charge on any atom is 0.330 e. The molecule has 0 radical (unpaired) electrons. The zero-order valence-corrected chi connectivity index (χ0v) is 23.2. The van der Waals surface area contributed by atoms with E-state index >= 15 is 0 Å². The third-order valence-electron chi connectivity index (χ3n) is 7.51. The van der Waals surface area contributed by atoms with Gasteiger partial charge >= 0.3 is 5.69 Å². The second-order valence-corrected chi connectivity index (χ2v) is 12.4. The van der Waals surface area contributed by atoms with E-state index in [2.05, 4.69) is 4.98 Å². The van der Waals surface area contributed by atoms with Gasteiger partial charge in [-0.3, -0.25) is 14.3 Å². The van der Waals surface area contributed by atoms with E-state index in [1.807, 2.05) is 91.0 Å². The van der Waals surface area contributed by atoms with Crippen LogP contribution in [-0.4, -0.2) is 41.7 Å². The van der Waals surface area contributed by atoms with Crippen LogP contribution < -0.4 is 11.2 Å². The molecule has 8 nitrogen and oxygen atoms in total. The summed E-state index contributed by atoms with van der Waals surface area (Å²) in [6, 6.07) is 29.4. The Morgan fingerprint density at radius 3 is 1.88 bits per heavy atom. The molecule has 1 N–H and O–H groups in total. The van der Waals surface area contributed by atoms with Gasteiger partial charge in [0.1, 0.15) is 17.9 Å². The summed E-state index contributed by atoms with van der Waals surface area (Å²) in [5.74, 6) is -0.0784. The molecule has 1 saturated heterocycles. The second-order valence-electron chi connectivity index (χ2n) is 9.92. The molecule has 3 atom stereocenters. The lowest BCUT2D eigenvalue weighted by molar-refractivity contribution is -0.0768. The largest absolute Gasteiger partial charge is 0.358 e. The van der Waals surface area contributed by atoms with E-state index in [1.54, 1.807) is 13.8 Å². The van der Waals surface area contributed by atoms with E-state index in [4.69, 9.17) is 9.47 Å². The van der Waals surface area contributed by atoms with Crippen LogP contribution in [0.4, 0.5) is 0 Å². The predicted molar refractivity (Wildman–Crippen MR) is 153 cm³/mol. The number of hydrogen-bond donors (Lipinski definition) is 1. The average Bonchev–Trinajstić information content (AvgIpc) is 3.42. The number of aromatic amines is 1. The average molecular weight is 561 g/mol. The van der Waals surface area contributed by atoms with Gasteiger partial charge in [-0.25, -0.2) is 13.2 Å². The van der Waals surface area contributed by atoms with Crippen LogP contribution in [-0.2, 0) is 24.9 Å². The molecule has 4 aromatic rings. The lowest BCUT2D eigenvalue weighted by Crippen LogP contribution is -2.40. The Balaban J connectivity index is 1.58. The number of sulfone groups is 1.